The van der Waals surface area contributed by atoms with Crippen molar-refractivity contribution in [1.82, 2.24) is 0 Å². The zero-order valence-corrected chi connectivity index (χ0v) is 5.79. The molecule has 0 aromatic heterocycles. The van der Waals surface area contributed by atoms with Gasteiger partial charge >= 0.3 is 0 Å². The topological polar surface area (TPSA) is 21.6 Å². The van der Waals surface area contributed by atoms with Crippen molar-refractivity contribution in [3.8, 4) is 0 Å². The van der Waals surface area contributed by atoms with E-state index in [0.717, 1.165) is 0 Å². The fraction of sp³-hybridized carbons (Fsp3) is 0.286. The minimum atomic E-state index is 0.606. The lowest BCUT2D eigenvalue weighted by molar-refractivity contribution is 0.288. The molecular formula is C7H11NO. The predicted molar refractivity (Wildman–Crippen MR) is 39.5 cm³/mol. The smallest absolute Gasteiger partial charge is 0.208 e. The molecule has 0 saturated heterocycles. The van der Waals surface area contributed by atoms with Crippen LogP contribution in [0.25, 0.3) is 0 Å². The number of methoxy groups -OCH3 is 1. The SMILES string of the molecule is C=CC=N/C(=C\C)OC. The Morgan fingerprint density at radius 1 is 1.67 bits per heavy atom. The summed E-state index contributed by atoms with van der Waals surface area (Å²) in [5, 5.41) is 0. The van der Waals surface area contributed by atoms with Crippen LogP contribution in [-0.4, -0.2) is 13.3 Å². The molecule has 0 aliphatic carbocycles. The Bertz CT molecular complexity index is 136. The monoisotopic (exact) mass is 125 g/mol. The van der Waals surface area contributed by atoms with Crippen LogP contribution in [0.4, 0.5) is 0 Å². The molecule has 0 heterocycles. The molecule has 0 saturated carbocycles. The van der Waals surface area contributed by atoms with Gasteiger partial charge in [0.05, 0.1) is 7.11 Å². The molecule has 2 heteroatoms. The van der Waals surface area contributed by atoms with Gasteiger partial charge < -0.3 is 4.74 Å². The van der Waals surface area contributed by atoms with Crippen molar-refractivity contribution in [3.63, 3.8) is 0 Å². The highest BCUT2D eigenvalue weighted by Gasteiger charge is 1.81. The molecule has 9 heavy (non-hydrogen) atoms. The summed E-state index contributed by atoms with van der Waals surface area (Å²) in [4.78, 5) is 3.88. The van der Waals surface area contributed by atoms with E-state index in [-0.39, 0.29) is 0 Å². The highest BCUT2D eigenvalue weighted by Crippen LogP contribution is 1.93. The molecule has 0 aromatic rings. The Morgan fingerprint density at radius 2 is 2.33 bits per heavy atom. The van der Waals surface area contributed by atoms with Crippen molar-refractivity contribution < 1.29 is 4.74 Å². The van der Waals surface area contributed by atoms with Gasteiger partial charge in [0.15, 0.2) is 0 Å². The van der Waals surface area contributed by atoms with Crippen molar-refractivity contribution in [2.75, 3.05) is 7.11 Å². The lowest BCUT2D eigenvalue weighted by Crippen LogP contribution is -1.80. The van der Waals surface area contributed by atoms with Crippen LogP contribution in [0.15, 0.2) is 29.6 Å². The number of ether oxygens (including phenoxy) is 1. The molecule has 0 aliphatic rings. The highest BCUT2D eigenvalue weighted by atomic mass is 16.5. The zero-order valence-electron chi connectivity index (χ0n) is 5.79. The first-order valence-electron chi connectivity index (χ1n) is 2.70. The number of hydrogen-bond donors (Lipinski definition) is 0. The lowest BCUT2D eigenvalue weighted by atomic mass is 10.6. The van der Waals surface area contributed by atoms with Gasteiger partial charge in [-0.2, -0.15) is 0 Å². The normalized spacial score (nSPS) is 12.0. The van der Waals surface area contributed by atoms with Crippen LogP contribution < -0.4 is 0 Å². The third-order valence-electron chi connectivity index (χ3n) is 0.763. The van der Waals surface area contributed by atoms with Gasteiger partial charge in [0.2, 0.25) is 5.88 Å². The Labute approximate surface area is 55.6 Å². The molecule has 2 nitrogen and oxygen atoms in total. The quantitative estimate of drug-likeness (QED) is 0.416. The summed E-state index contributed by atoms with van der Waals surface area (Å²) < 4.78 is 4.82. The predicted octanol–water partition coefficient (Wildman–Crippen LogP) is 1.75. The fourth-order valence-corrected chi connectivity index (χ4v) is 0.371. The standard InChI is InChI=1S/C7H11NO/c1-4-6-8-7(5-2)9-3/h4-6H,1H2,2-3H3/b7-5+,8-6?. The average molecular weight is 125 g/mol. The van der Waals surface area contributed by atoms with Gasteiger partial charge in [-0.15, -0.1) is 0 Å². The third kappa shape index (κ3) is 3.53. The van der Waals surface area contributed by atoms with Crippen LogP contribution in [0, 0.1) is 0 Å². The lowest BCUT2D eigenvalue weighted by Gasteiger charge is -1.94. The molecule has 0 amide bonds. The van der Waals surface area contributed by atoms with E-state index in [4.69, 9.17) is 4.74 Å². The number of hydrogen-bond acceptors (Lipinski definition) is 2. The van der Waals surface area contributed by atoms with E-state index >= 15 is 0 Å². The molecule has 0 bridgehead atoms. The largest absolute Gasteiger partial charge is 0.481 e. The van der Waals surface area contributed by atoms with E-state index < -0.39 is 0 Å². The fourth-order valence-electron chi connectivity index (χ4n) is 0.371. The van der Waals surface area contributed by atoms with Gasteiger partial charge in [0, 0.05) is 6.21 Å². The molecule has 0 spiro atoms. The summed E-state index contributed by atoms with van der Waals surface area (Å²) in [6.07, 6.45) is 4.96. The van der Waals surface area contributed by atoms with E-state index in [2.05, 4.69) is 11.6 Å². The van der Waals surface area contributed by atoms with Crippen LogP contribution in [0.3, 0.4) is 0 Å². The summed E-state index contributed by atoms with van der Waals surface area (Å²) >= 11 is 0. The maximum absolute atomic E-state index is 4.82. The zero-order chi connectivity index (χ0) is 7.11. The minimum absolute atomic E-state index is 0.606. The Morgan fingerprint density at radius 3 is 2.67 bits per heavy atom. The molecule has 50 valence electrons. The van der Waals surface area contributed by atoms with Gasteiger partial charge in [-0.3, -0.25) is 0 Å². The van der Waals surface area contributed by atoms with Crippen molar-refractivity contribution in [2.45, 2.75) is 6.92 Å². The molecule has 0 fully saturated rings. The van der Waals surface area contributed by atoms with Crippen LogP contribution in [0.1, 0.15) is 6.92 Å². The Balaban J connectivity index is 3.84. The average Bonchev–Trinajstić information content (AvgIpc) is 1.91. The first kappa shape index (κ1) is 7.95. The number of allylic oxidation sites excluding steroid dienone is 2. The van der Waals surface area contributed by atoms with E-state index in [0.29, 0.717) is 5.88 Å². The molecule has 0 radical (unpaired) electrons. The number of rotatable bonds is 3. The first-order chi connectivity index (χ1) is 4.35. The highest BCUT2D eigenvalue weighted by molar-refractivity contribution is 5.70. The van der Waals surface area contributed by atoms with Crippen molar-refractivity contribution in [1.29, 1.82) is 0 Å². The molecule has 0 unspecified atom stereocenters. The van der Waals surface area contributed by atoms with Crippen molar-refractivity contribution in [3.05, 3.63) is 24.6 Å². The molecule has 0 N–H and O–H groups in total. The third-order valence-corrected chi connectivity index (χ3v) is 0.763. The molecule has 0 aliphatic heterocycles. The summed E-state index contributed by atoms with van der Waals surface area (Å²) in [5.41, 5.74) is 0. The van der Waals surface area contributed by atoms with Gasteiger partial charge in [-0.05, 0) is 13.0 Å². The van der Waals surface area contributed by atoms with Crippen molar-refractivity contribution >= 4 is 6.21 Å². The van der Waals surface area contributed by atoms with Crippen LogP contribution in [0.5, 0.6) is 0 Å². The van der Waals surface area contributed by atoms with Crippen LogP contribution in [-0.2, 0) is 4.74 Å². The van der Waals surface area contributed by atoms with E-state index in [1.165, 1.54) is 0 Å². The molecule has 0 rings (SSSR count). The van der Waals surface area contributed by atoms with Gasteiger partial charge in [-0.1, -0.05) is 12.7 Å². The van der Waals surface area contributed by atoms with Gasteiger partial charge in [-0.25, -0.2) is 4.99 Å². The second-order valence-corrected chi connectivity index (χ2v) is 1.34. The second kappa shape index (κ2) is 5.09. The second-order valence-electron chi connectivity index (χ2n) is 1.34. The molecule has 0 aromatic carbocycles. The molecular weight excluding hydrogens is 114 g/mol. The maximum Gasteiger partial charge on any atom is 0.208 e. The minimum Gasteiger partial charge on any atom is -0.481 e. The van der Waals surface area contributed by atoms with E-state index in [1.807, 2.05) is 6.92 Å². The van der Waals surface area contributed by atoms with E-state index in [1.54, 1.807) is 25.5 Å². The molecule has 0 atom stereocenters. The Hall–Kier alpha value is -1.05. The summed E-state index contributed by atoms with van der Waals surface area (Å²) in [6.45, 7) is 5.33. The van der Waals surface area contributed by atoms with Crippen LogP contribution in [0.2, 0.25) is 0 Å². The van der Waals surface area contributed by atoms with Crippen LogP contribution >= 0.6 is 0 Å². The van der Waals surface area contributed by atoms with E-state index in [9.17, 15) is 0 Å². The summed E-state index contributed by atoms with van der Waals surface area (Å²) in [6, 6.07) is 0. The van der Waals surface area contributed by atoms with Gasteiger partial charge in [0.25, 0.3) is 0 Å². The summed E-state index contributed by atoms with van der Waals surface area (Å²) in [7, 11) is 1.58. The number of nitrogens with zero attached hydrogens (tertiary/aromatic N) is 1. The first-order valence-corrected chi connectivity index (χ1v) is 2.70. The summed E-state index contributed by atoms with van der Waals surface area (Å²) in [5.74, 6) is 0.606. The number of aliphatic imine (C=N–C) groups is 1. The maximum atomic E-state index is 4.82. The van der Waals surface area contributed by atoms with Crippen molar-refractivity contribution in [2.24, 2.45) is 4.99 Å². The van der Waals surface area contributed by atoms with Gasteiger partial charge in [0.1, 0.15) is 0 Å². The Kier molecular flexibility index (Phi) is 4.50.